The molecule has 1 saturated heterocycles. The van der Waals surface area contributed by atoms with E-state index in [1.165, 1.54) is 43.6 Å². The molecule has 1 aliphatic rings. The van der Waals surface area contributed by atoms with E-state index in [-0.39, 0.29) is 5.82 Å². The number of nitrogens with one attached hydrogen (secondary N) is 1. The first-order valence-electron chi connectivity index (χ1n) is 6.02. The Hall–Kier alpha value is -0.930. The van der Waals surface area contributed by atoms with Crippen LogP contribution >= 0.6 is 0 Å². The first-order chi connectivity index (χ1) is 7.84. The quantitative estimate of drug-likeness (QED) is 0.767. The lowest BCUT2D eigenvalue weighted by molar-refractivity contribution is 0.311. The van der Waals surface area contributed by atoms with Crippen LogP contribution in [0.1, 0.15) is 18.4 Å². The molecule has 0 unspecified atom stereocenters. The van der Waals surface area contributed by atoms with Gasteiger partial charge in [-0.15, -0.1) is 0 Å². The highest BCUT2D eigenvalue weighted by Gasteiger charge is 2.09. The highest BCUT2D eigenvalue weighted by molar-refractivity contribution is 5.16. The van der Waals surface area contributed by atoms with E-state index in [0.29, 0.717) is 0 Å². The molecule has 1 heterocycles. The van der Waals surface area contributed by atoms with Crippen LogP contribution in [0, 0.1) is 5.82 Å². The van der Waals surface area contributed by atoms with Crippen molar-refractivity contribution in [3.63, 3.8) is 0 Å². The summed E-state index contributed by atoms with van der Waals surface area (Å²) in [5.41, 5.74) is 1.19. The fourth-order valence-corrected chi connectivity index (χ4v) is 2.06. The topological polar surface area (TPSA) is 15.3 Å². The molecule has 1 aromatic rings. The van der Waals surface area contributed by atoms with Gasteiger partial charge < -0.3 is 5.32 Å². The normalized spacial score (nSPS) is 16.8. The van der Waals surface area contributed by atoms with E-state index in [1.54, 1.807) is 0 Å². The summed E-state index contributed by atoms with van der Waals surface area (Å²) < 4.78 is 12.7. The molecular formula is C13H19FN2. The third kappa shape index (κ3) is 3.58. The van der Waals surface area contributed by atoms with E-state index in [1.807, 2.05) is 12.1 Å². The van der Waals surface area contributed by atoms with Gasteiger partial charge in [0.25, 0.3) is 0 Å². The molecule has 2 rings (SSSR count). The molecule has 2 nitrogen and oxygen atoms in total. The van der Waals surface area contributed by atoms with Gasteiger partial charge in [0.2, 0.25) is 0 Å². The molecule has 1 fully saturated rings. The van der Waals surface area contributed by atoms with Crippen LogP contribution in [0.15, 0.2) is 24.3 Å². The number of nitrogens with zero attached hydrogens (tertiary/aromatic N) is 1. The Morgan fingerprint density at radius 3 is 2.50 bits per heavy atom. The molecule has 0 radical (unpaired) electrons. The Morgan fingerprint density at radius 1 is 1.12 bits per heavy atom. The van der Waals surface area contributed by atoms with Crippen molar-refractivity contribution in [2.24, 2.45) is 0 Å². The lowest BCUT2D eigenvalue weighted by Gasteiger charge is -2.15. The molecule has 1 aliphatic heterocycles. The largest absolute Gasteiger partial charge is 0.304 e. The number of likely N-dealkylation sites (tertiary alicyclic amines) is 1. The number of benzene rings is 1. The summed E-state index contributed by atoms with van der Waals surface area (Å²) in [5.74, 6) is -0.159. The molecule has 0 aromatic heterocycles. The minimum Gasteiger partial charge on any atom is -0.304 e. The van der Waals surface area contributed by atoms with E-state index in [2.05, 4.69) is 10.2 Å². The summed E-state index contributed by atoms with van der Waals surface area (Å²) in [6.45, 7) is 4.40. The minimum absolute atomic E-state index is 0.159. The summed E-state index contributed by atoms with van der Waals surface area (Å²) in [7, 11) is 0. The maximum Gasteiger partial charge on any atom is 0.123 e. The van der Waals surface area contributed by atoms with Gasteiger partial charge in [-0.1, -0.05) is 12.1 Å². The van der Waals surface area contributed by atoms with Crippen LogP contribution in [-0.4, -0.2) is 31.2 Å². The zero-order chi connectivity index (χ0) is 11.2. The van der Waals surface area contributed by atoms with Crippen molar-refractivity contribution in [2.75, 3.05) is 26.3 Å². The Bertz CT molecular complexity index is 304. The molecule has 0 atom stereocenters. The molecular weight excluding hydrogens is 203 g/mol. The SMILES string of the molecule is Fc1ccc(CCNCN2CCCC2)cc1. The van der Waals surface area contributed by atoms with Gasteiger partial charge in [-0.05, 0) is 50.0 Å². The number of halogens is 1. The predicted octanol–water partition coefficient (Wildman–Crippen LogP) is 2.01. The average Bonchev–Trinajstić information content (AvgIpc) is 2.80. The lowest BCUT2D eigenvalue weighted by Crippen LogP contribution is -2.33. The molecule has 1 aromatic carbocycles. The van der Waals surface area contributed by atoms with E-state index < -0.39 is 0 Å². The minimum atomic E-state index is -0.159. The van der Waals surface area contributed by atoms with Crippen molar-refractivity contribution >= 4 is 0 Å². The van der Waals surface area contributed by atoms with E-state index in [4.69, 9.17) is 0 Å². The van der Waals surface area contributed by atoms with Crippen molar-refractivity contribution in [3.05, 3.63) is 35.6 Å². The number of hydrogen-bond donors (Lipinski definition) is 1. The van der Waals surface area contributed by atoms with Crippen LogP contribution in [0.4, 0.5) is 4.39 Å². The monoisotopic (exact) mass is 222 g/mol. The smallest absolute Gasteiger partial charge is 0.123 e. The molecule has 0 saturated carbocycles. The first-order valence-corrected chi connectivity index (χ1v) is 6.02. The van der Waals surface area contributed by atoms with Gasteiger partial charge in [-0.25, -0.2) is 4.39 Å². The molecule has 88 valence electrons. The maximum atomic E-state index is 12.7. The van der Waals surface area contributed by atoms with E-state index in [0.717, 1.165) is 19.6 Å². The fourth-order valence-electron chi connectivity index (χ4n) is 2.06. The van der Waals surface area contributed by atoms with Crippen LogP contribution in [-0.2, 0) is 6.42 Å². The van der Waals surface area contributed by atoms with Crippen molar-refractivity contribution in [1.29, 1.82) is 0 Å². The Labute approximate surface area is 96.5 Å². The summed E-state index contributed by atoms with van der Waals surface area (Å²) in [6, 6.07) is 6.76. The van der Waals surface area contributed by atoms with Crippen LogP contribution in [0.2, 0.25) is 0 Å². The van der Waals surface area contributed by atoms with E-state index in [9.17, 15) is 4.39 Å². The number of rotatable bonds is 5. The zero-order valence-corrected chi connectivity index (χ0v) is 9.58. The zero-order valence-electron chi connectivity index (χ0n) is 9.58. The molecule has 0 spiro atoms. The summed E-state index contributed by atoms with van der Waals surface area (Å²) in [5, 5.41) is 3.42. The summed E-state index contributed by atoms with van der Waals surface area (Å²) in [6.07, 6.45) is 3.63. The standard InChI is InChI=1S/C13H19FN2/c14-13-5-3-12(4-6-13)7-8-15-11-16-9-1-2-10-16/h3-6,15H,1-2,7-11H2. The van der Waals surface area contributed by atoms with Gasteiger partial charge >= 0.3 is 0 Å². The maximum absolute atomic E-state index is 12.7. The molecule has 16 heavy (non-hydrogen) atoms. The lowest BCUT2D eigenvalue weighted by atomic mass is 10.1. The highest BCUT2D eigenvalue weighted by atomic mass is 19.1. The average molecular weight is 222 g/mol. The molecule has 1 N–H and O–H groups in total. The van der Waals surface area contributed by atoms with Gasteiger partial charge in [0, 0.05) is 13.2 Å². The molecule has 0 bridgehead atoms. The van der Waals surface area contributed by atoms with Gasteiger partial charge in [-0.3, -0.25) is 4.90 Å². The van der Waals surface area contributed by atoms with Crippen LogP contribution in [0.3, 0.4) is 0 Å². The summed E-state index contributed by atoms with van der Waals surface area (Å²) in [4.78, 5) is 2.44. The van der Waals surface area contributed by atoms with Crippen LogP contribution in [0.5, 0.6) is 0 Å². The van der Waals surface area contributed by atoms with Gasteiger partial charge in [0.05, 0.1) is 0 Å². The second-order valence-corrected chi connectivity index (χ2v) is 4.36. The fraction of sp³-hybridized carbons (Fsp3) is 0.538. The van der Waals surface area contributed by atoms with Crippen LogP contribution in [0.25, 0.3) is 0 Å². The van der Waals surface area contributed by atoms with Gasteiger partial charge in [-0.2, -0.15) is 0 Å². The van der Waals surface area contributed by atoms with Crippen molar-refractivity contribution in [3.8, 4) is 0 Å². The Balaban J connectivity index is 1.62. The summed E-state index contributed by atoms with van der Waals surface area (Å²) >= 11 is 0. The second kappa shape index (κ2) is 5.97. The molecule has 0 aliphatic carbocycles. The van der Waals surface area contributed by atoms with Crippen molar-refractivity contribution in [1.82, 2.24) is 10.2 Å². The number of hydrogen-bond acceptors (Lipinski definition) is 2. The Morgan fingerprint density at radius 2 is 1.81 bits per heavy atom. The highest BCUT2D eigenvalue weighted by Crippen LogP contribution is 2.05. The van der Waals surface area contributed by atoms with Gasteiger partial charge in [0.15, 0.2) is 0 Å². The van der Waals surface area contributed by atoms with Gasteiger partial charge in [0.1, 0.15) is 5.82 Å². The molecule has 3 heteroatoms. The van der Waals surface area contributed by atoms with Crippen molar-refractivity contribution in [2.45, 2.75) is 19.3 Å². The van der Waals surface area contributed by atoms with Crippen LogP contribution < -0.4 is 5.32 Å². The Kier molecular flexibility index (Phi) is 4.31. The molecule has 0 amide bonds. The van der Waals surface area contributed by atoms with Crippen molar-refractivity contribution < 1.29 is 4.39 Å². The first kappa shape index (κ1) is 11.6. The van der Waals surface area contributed by atoms with E-state index >= 15 is 0 Å². The third-order valence-electron chi connectivity index (χ3n) is 3.04. The predicted molar refractivity (Wildman–Crippen MR) is 63.8 cm³/mol. The second-order valence-electron chi connectivity index (χ2n) is 4.36. The third-order valence-corrected chi connectivity index (χ3v) is 3.04.